The van der Waals surface area contributed by atoms with Crippen LogP contribution in [0, 0.1) is 6.92 Å². The minimum absolute atomic E-state index is 0.681. The zero-order chi connectivity index (χ0) is 20.4. The summed E-state index contributed by atoms with van der Waals surface area (Å²) in [5.41, 5.74) is 5.39. The standard InChI is InChI=1S/C23H28N6/c1-5-27(6-2)22-11-9-18(15-24-22)23-25-20-10-8-17(4)14-21(20)29(23)16-19-12-13-28(7-3)26-19/h8-15H,5-7,16H2,1-4H3. The predicted octanol–water partition coefficient (Wildman–Crippen LogP) is 4.52. The fourth-order valence-electron chi connectivity index (χ4n) is 3.69. The van der Waals surface area contributed by atoms with E-state index in [9.17, 15) is 0 Å². The lowest BCUT2D eigenvalue weighted by Crippen LogP contribution is -2.22. The molecule has 0 unspecified atom stereocenters. The molecule has 1 aromatic carbocycles. The molecule has 0 aliphatic heterocycles. The molecule has 0 aliphatic rings. The van der Waals surface area contributed by atoms with Gasteiger partial charge in [0.2, 0.25) is 0 Å². The summed E-state index contributed by atoms with van der Waals surface area (Å²) >= 11 is 0. The summed E-state index contributed by atoms with van der Waals surface area (Å²) in [7, 11) is 0. The fourth-order valence-corrected chi connectivity index (χ4v) is 3.69. The van der Waals surface area contributed by atoms with Gasteiger partial charge in [-0.1, -0.05) is 6.07 Å². The third-order valence-corrected chi connectivity index (χ3v) is 5.34. The lowest BCUT2D eigenvalue weighted by Gasteiger charge is -2.19. The van der Waals surface area contributed by atoms with E-state index in [0.29, 0.717) is 6.54 Å². The number of benzene rings is 1. The van der Waals surface area contributed by atoms with Crippen LogP contribution in [0.2, 0.25) is 0 Å². The van der Waals surface area contributed by atoms with Crippen molar-refractivity contribution >= 4 is 16.9 Å². The smallest absolute Gasteiger partial charge is 0.143 e. The molecule has 4 rings (SSSR count). The summed E-state index contributed by atoms with van der Waals surface area (Å²) in [5, 5.41) is 4.67. The Bertz CT molecular complexity index is 1100. The highest BCUT2D eigenvalue weighted by Crippen LogP contribution is 2.27. The van der Waals surface area contributed by atoms with Gasteiger partial charge in [-0.15, -0.1) is 0 Å². The molecule has 4 aromatic rings. The molecule has 0 aliphatic carbocycles. The Morgan fingerprint density at radius 2 is 1.83 bits per heavy atom. The van der Waals surface area contributed by atoms with Crippen molar-refractivity contribution in [1.29, 1.82) is 0 Å². The Labute approximate surface area is 171 Å². The van der Waals surface area contributed by atoms with Gasteiger partial charge in [0, 0.05) is 37.6 Å². The van der Waals surface area contributed by atoms with E-state index in [2.05, 4.69) is 78.7 Å². The maximum atomic E-state index is 4.94. The number of aromatic nitrogens is 5. The maximum Gasteiger partial charge on any atom is 0.143 e. The number of aryl methyl sites for hydroxylation is 2. The lowest BCUT2D eigenvalue weighted by molar-refractivity contribution is 0.639. The first-order valence-corrected chi connectivity index (χ1v) is 10.3. The number of anilines is 1. The molecule has 0 N–H and O–H groups in total. The molecule has 0 spiro atoms. The van der Waals surface area contributed by atoms with Gasteiger partial charge < -0.3 is 9.47 Å². The van der Waals surface area contributed by atoms with Crippen LogP contribution in [0.5, 0.6) is 0 Å². The molecule has 3 aromatic heterocycles. The number of nitrogens with zero attached hydrogens (tertiary/aromatic N) is 6. The molecule has 0 fully saturated rings. The molecule has 3 heterocycles. The van der Waals surface area contributed by atoms with Gasteiger partial charge in [-0.25, -0.2) is 9.97 Å². The van der Waals surface area contributed by atoms with Crippen LogP contribution in [0.3, 0.4) is 0 Å². The third-order valence-electron chi connectivity index (χ3n) is 5.34. The number of hydrogen-bond donors (Lipinski definition) is 0. The van der Waals surface area contributed by atoms with E-state index in [1.165, 1.54) is 5.56 Å². The maximum absolute atomic E-state index is 4.94. The van der Waals surface area contributed by atoms with Gasteiger partial charge in [0.25, 0.3) is 0 Å². The van der Waals surface area contributed by atoms with Crippen molar-refractivity contribution in [2.75, 3.05) is 18.0 Å². The molecule has 150 valence electrons. The highest BCUT2D eigenvalue weighted by Gasteiger charge is 2.15. The van der Waals surface area contributed by atoms with E-state index >= 15 is 0 Å². The van der Waals surface area contributed by atoms with Crippen LogP contribution >= 0.6 is 0 Å². The molecule has 6 heteroatoms. The Morgan fingerprint density at radius 1 is 1.00 bits per heavy atom. The zero-order valence-electron chi connectivity index (χ0n) is 17.6. The van der Waals surface area contributed by atoms with Gasteiger partial charge in [0.15, 0.2) is 0 Å². The second-order valence-electron chi connectivity index (χ2n) is 7.25. The summed E-state index contributed by atoms with van der Waals surface area (Å²) in [6.45, 7) is 11.9. The summed E-state index contributed by atoms with van der Waals surface area (Å²) in [6, 6.07) is 12.7. The van der Waals surface area contributed by atoms with Crippen molar-refractivity contribution in [1.82, 2.24) is 24.3 Å². The van der Waals surface area contributed by atoms with Gasteiger partial charge in [-0.05, 0) is 63.6 Å². The van der Waals surface area contributed by atoms with E-state index < -0.39 is 0 Å². The van der Waals surface area contributed by atoms with Crippen molar-refractivity contribution in [2.45, 2.75) is 40.8 Å². The number of pyridine rings is 1. The molecule has 0 saturated heterocycles. The fraction of sp³-hybridized carbons (Fsp3) is 0.348. The second-order valence-corrected chi connectivity index (χ2v) is 7.25. The normalized spacial score (nSPS) is 11.3. The number of fused-ring (bicyclic) bond motifs is 1. The van der Waals surface area contributed by atoms with Gasteiger partial charge in [0.05, 0.1) is 23.3 Å². The van der Waals surface area contributed by atoms with Crippen molar-refractivity contribution < 1.29 is 0 Å². The Hall–Kier alpha value is -3.15. The molecule has 0 radical (unpaired) electrons. The number of rotatable bonds is 7. The van der Waals surface area contributed by atoms with Crippen molar-refractivity contribution in [3.8, 4) is 11.4 Å². The topological polar surface area (TPSA) is 51.8 Å². The van der Waals surface area contributed by atoms with Crippen LogP contribution < -0.4 is 4.90 Å². The van der Waals surface area contributed by atoms with Gasteiger partial charge in [-0.3, -0.25) is 4.68 Å². The highest BCUT2D eigenvalue weighted by molar-refractivity contribution is 5.81. The first kappa shape index (κ1) is 19.2. The minimum Gasteiger partial charge on any atom is -0.357 e. The summed E-state index contributed by atoms with van der Waals surface area (Å²) in [6.07, 6.45) is 3.96. The average Bonchev–Trinajstić information content (AvgIpc) is 3.34. The molecule has 6 nitrogen and oxygen atoms in total. The molecule has 0 amide bonds. The Morgan fingerprint density at radius 3 is 2.48 bits per heavy atom. The van der Waals surface area contributed by atoms with Gasteiger partial charge in [0.1, 0.15) is 11.6 Å². The van der Waals surface area contributed by atoms with E-state index in [4.69, 9.17) is 9.97 Å². The third kappa shape index (κ3) is 3.75. The first-order valence-electron chi connectivity index (χ1n) is 10.3. The predicted molar refractivity (Wildman–Crippen MR) is 118 cm³/mol. The summed E-state index contributed by atoms with van der Waals surface area (Å²) in [4.78, 5) is 11.9. The van der Waals surface area contributed by atoms with Crippen LogP contribution in [0.1, 0.15) is 32.0 Å². The molecular weight excluding hydrogens is 360 g/mol. The lowest BCUT2D eigenvalue weighted by atomic mass is 10.2. The summed E-state index contributed by atoms with van der Waals surface area (Å²) < 4.78 is 4.21. The van der Waals surface area contributed by atoms with Crippen LogP contribution in [0.15, 0.2) is 48.8 Å². The van der Waals surface area contributed by atoms with Crippen molar-refractivity contribution in [3.05, 3.63) is 60.0 Å². The monoisotopic (exact) mass is 388 g/mol. The van der Waals surface area contributed by atoms with E-state index in [0.717, 1.165) is 53.6 Å². The quantitative estimate of drug-likeness (QED) is 0.467. The van der Waals surface area contributed by atoms with Gasteiger partial charge >= 0.3 is 0 Å². The van der Waals surface area contributed by atoms with E-state index in [1.54, 1.807) is 0 Å². The van der Waals surface area contributed by atoms with Crippen LogP contribution in [0.4, 0.5) is 5.82 Å². The molecule has 0 bridgehead atoms. The SMILES string of the molecule is CCN(CC)c1ccc(-c2nc3ccc(C)cc3n2Cc2ccn(CC)n2)cn1. The Balaban J connectivity index is 1.79. The minimum atomic E-state index is 0.681. The molecule has 0 saturated carbocycles. The number of imidazole rings is 1. The van der Waals surface area contributed by atoms with Crippen molar-refractivity contribution in [2.24, 2.45) is 0 Å². The van der Waals surface area contributed by atoms with E-state index in [1.807, 2.05) is 17.1 Å². The van der Waals surface area contributed by atoms with Crippen molar-refractivity contribution in [3.63, 3.8) is 0 Å². The second kappa shape index (κ2) is 8.07. The Kier molecular flexibility index (Phi) is 5.34. The van der Waals surface area contributed by atoms with Gasteiger partial charge in [-0.2, -0.15) is 5.10 Å². The van der Waals surface area contributed by atoms with Crippen LogP contribution in [-0.4, -0.2) is 37.4 Å². The first-order chi connectivity index (χ1) is 14.1. The largest absolute Gasteiger partial charge is 0.357 e. The summed E-state index contributed by atoms with van der Waals surface area (Å²) in [5.74, 6) is 1.93. The highest BCUT2D eigenvalue weighted by atomic mass is 15.3. The average molecular weight is 389 g/mol. The molecular formula is C23H28N6. The van der Waals surface area contributed by atoms with Crippen LogP contribution in [-0.2, 0) is 13.1 Å². The molecule has 0 atom stereocenters. The number of hydrogen-bond acceptors (Lipinski definition) is 4. The van der Waals surface area contributed by atoms with E-state index in [-0.39, 0.29) is 0 Å². The molecule has 29 heavy (non-hydrogen) atoms. The van der Waals surface area contributed by atoms with Crippen LogP contribution in [0.25, 0.3) is 22.4 Å². The zero-order valence-corrected chi connectivity index (χ0v) is 17.6.